The van der Waals surface area contributed by atoms with Crippen LogP contribution in [-0.2, 0) is 6.54 Å². The van der Waals surface area contributed by atoms with Crippen molar-refractivity contribution < 1.29 is 4.74 Å². The van der Waals surface area contributed by atoms with Crippen molar-refractivity contribution in [2.45, 2.75) is 32.2 Å². The zero-order valence-corrected chi connectivity index (χ0v) is 20.1. The summed E-state index contributed by atoms with van der Waals surface area (Å²) in [6.45, 7) is 2.89. The summed E-state index contributed by atoms with van der Waals surface area (Å²) in [5.74, 6) is 2.85. The molecule has 174 valence electrons. The molecule has 0 N–H and O–H groups in total. The highest BCUT2D eigenvalue weighted by Gasteiger charge is 2.25. The summed E-state index contributed by atoms with van der Waals surface area (Å²) in [6.07, 6.45) is 9.99. The Morgan fingerprint density at radius 2 is 1.91 bits per heavy atom. The maximum atomic E-state index is 5.63. The zero-order chi connectivity index (χ0) is 23.7. The van der Waals surface area contributed by atoms with Crippen LogP contribution < -0.4 is 9.64 Å². The average Bonchev–Trinajstić information content (AvgIpc) is 3.48. The third kappa shape index (κ3) is 4.33. The van der Waals surface area contributed by atoms with Gasteiger partial charge < -0.3 is 14.2 Å². The molecule has 34 heavy (non-hydrogen) atoms. The molecule has 0 radical (unpaired) electrons. The summed E-state index contributed by atoms with van der Waals surface area (Å²) in [4.78, 5) is 11.3. The second-order valence-corrected chi connectivity index (χ2v) is 8.92. The molecule has 5 rings (SSSR count). The van der Waals surface area contributed by atoms with Gasteiger partial charge in [0.25, 0.3) is 0 Å². The fourth-order valence-corrected chi connectivity index (χ4v) is 4.50. The number of nitrogens with zero attached hydrogens (tertiary/aromatic N) is 6. The van der Waals surface area contributed by atoms with Gasteiger partial charge >= 0.3 is 0 Å². The lowest BCUT2D eigenvalue weighted by Crippen LogP contribution is -2.18. The van der Waals surface area contributed by atoms with Gasteiger partial charge in [-0.1, -0.05) is 24.3 Å². The van der Waals surface area contributed by atoms with Crippen molar-refractivity contribution >= 4 is 17.8 Å². The summed E-state index contributed by atoms with van der Waals surface area (Å²) in [7, 11) is 5.81. The molecular weight excluding hydrogens is 424 g/mol. The Morgan fingerprint density at radius 3 is 2.62 bits per heavy atom. The third-order valence-corrected chi connectivity index (χ3v) is 6.32. The molecule has 0 spiro atoms. The van der Waals surface area contributed by atoms with Gasteiger partial charge in [-0.2, -0.15) is 5.10 Å². The number of anilines is 1. The summed E-state index contributed by atoms with van der Waals surface area (Å²) in [6, 6.07) is 14.9. The Balaban J connectivity index is 1.38. The second-order valence-electron chi connectivity index (χ2n) is 8.92. The molecule has 1 aliphatic heterocycles. The first-order valence-corrected chi connectivity index (χ1v) is 11.6. The first kappa shape index (κ1) is 21.9. The number of aryl methyl sites for hydroxylation is 2. The third-order valence-electron chi connectivity index (χ3n) is 6.32. The number of aromatic nitrogens is 5. The van der Waals surface area contributed by atoms with Crippen LogP contribution in [0.15, 0.2) is 55.0 Å². The SMILES string of the molecule is COc1cc(C=Cc2nc3n(n2)CCCC3c2ccc(N(C)C)cc2)ccc1-n1cnc(C)c1. The summed E-state index contributed by atoms with van der Waals surface area (Å²) in [5.41, 5.74) is 5.45. The smallest absolute Gasteiger partial charge is 0.174 e. The van der Waals surface area contributed by atoms with Gasteiger partial charge in [0.2, 0.25) is 0 Å². The minimum Gasteiger partial charge on any atom is -0.495 e. The molecule has 7 heteroatoms. The Hall–Kier alpha value is -3.87. The van der Waals surface area contributed by atoms with E-state index >= 15 is 0 Å². The first-order chi connectivity index (χ1) is 16.5. The van der Waals surface area contributed by atoms with Gasteiger partial charge in [-0.05, 0) is 61.2 Å². The molecular formula is C27H30N6O. The van der Waals surface area contributed by atoms with E-state index in [2.05, 4.69) is 59.0 Å². The Labute approximate surface area is 200 Å². The van der Waals surface area contributed by atoms with Crippen LogP contribution in [-0.4, -0.2) is 45.5 Å². The molecule has 0 bridgehead atoms. The standard InChI is InChI=1S/C27H30N6O/c1-19-17-32(18-28-19)24-13-7-20(16-25(24)34-4)8-14-26-29-27-23(6-5-15-33(27)30-26)21-9-11-22(12-10-21)31(2)3/h7-14,16-18,23H,5-6,15H2,1-4H3. The topological polar surface area (TPSA) is 61.0 Å². The van der Waals surface area contributed by atoms with Crippen LogP contribution in [0.25, 0.3) is 17.8 Å². The fraction of sp³-hybridized carbons (Fsp3) is 0.296. The van der Waals surface area contributed by atoms with Gasteiger partial charge in [-0.25, -0.2) is 14.6 Å². The highest BCUT2D eigenvalue weighted by Crippen LogP contribution is 2.33. The number of ether oxygens (including phenoxy) is 1. The molecule has 0 amide bonds. The molecule has 1 aliphatic rings. The Morgan fingerprint density at radius 1 is 1.09 bits per heavy atom. The Bertz CT molecular complexity index is 1320. The van der Waals surface area contributed by atoms with Crippen LogP contribution in [0, 0.1) is 6.92 Å². The minimum atomic E-state index is 0.276. The van der Waals surface area contributed by atoms with Gasteiger partial charge in [0.1, 0.15) is 11.6 Å². The van der Waals surface area contributed by atoms with Crippen LogP contribution in [0.4, 0.5) is 5.69 Å². The molecule has 7 nitrogen and oxygen atoms in total. The Kier molecular flexibility index (Phi) is 5.92. The van der Waals surface area contributed by atoms with Gasteiger partial charge in [0.15, 0.2) is 5.82 Å². The van der Waals surface area contributed by atoms with Gasteiger partial charge in [0.05, 0.1) is 24.8 Å². The molecule has 0 fully saturated rings. The van der Waals surface area contributed by atoms with Crippen molar-refractivity contribution in [3.05, 3.63) is 83.5 Å². The van der Waals surface area contributed by atoms with Crippen LogP contribution in [0.2, 0.25) is 0 Å². The van der Waals surface area contributed by atoms with Crippen molar-refractivity contribution in [3.63, 3.8) is 0 Å². The monoisotopic (exact) mass is 454 g/mol. The molecule has 2 aromatic heterocycles. The molecule has 1 unspecified atom stereocenters. The van der Waals surface area contributed by atoms with E-state index < -0.39 is 0 Å². The molecule has 0 saturated carbocycles. The number of imidazole rings is 1. The van der Waals surface area contributed by atoms with E-state index in [4.69, 9.17) is 14.8 Å². The van der Waals surface area contributed by atoms with Crippen molar-refractivity contribution in [1.29, 1.82) is 0 Å². The van der Waals surface area contributed by atoms with Gasteiger partial charge in [-0.3, -0.25) is 0 Å². The van der Waals surface area contributed by atoms with Crippen molar-refractivity contribution in [2.24, 2.45) is 0 Å². The maximum Gasteiger partial charge on any atom is 0.174 e. The van der Waals surface area contributed by atoms with Crippen LogP contribution >= 0.6 is 0 Å². The summed E-state index contributed by atoms with van der Waals surface area (Å²) in [5, 5.41) is 4.76. The second kappa shape index (κ2) is 9.17. The molecule has 2 aromatic carbocycles. The molecule has 4 aromatic rings. The molecule has 3 heterocycles. The number of rotatable bonds is 6. The van der Waals surface area contributed by atoms with Crippen LogP contribution in [0.1, 0.15) is 47.2 Å². The van der Waals surface area contributed by atoms with Crippen molar-refractivity contribution in [3.8, 4) is 11.4 Å². The van der Waals surface area contributed by atoms with Gasteiger partial charge in [-0.15, -0.1) is 0 Å². The number of hydrogen-bond acceptors (Lipinski definition) is 5. The molecule has 1 atom stereocenters. The lowest BCUT2D eigenvalue weighted by atomic mass is 9.91. The van der Waals surface area contributed by atoms with Crippen molar-refractivity contribution in [2.75, 3.05) is 26.1 Å². The van der Waals surface area contributed by atoms with E-state index in [1.165, 1.54) is 11.3 Å². The van der Waals surface area contributed by atoms with E-state index in [0.717, 1.165) is 53.7 Å². The van der Waals surface area contributed by atoms with Crippen molar-refractivity contribution in [1.82, 2.24) is 24.3 Å². The highest BCUT2D eigenvalue weighted by molar-refractivity contribution is 5.69. The first-order valence-electron chi connectivity index (χ1n) is 11.6. The normalized spacial score (nSPS) is 15.5. The number of fused-ring (bicyclic) bond motifs is 1. The van der Waals surface area contributed by atoms with Crippen LogP contribution in [0.3, 0.4) is 0 Å². The zero-order valence-electron chi connectivity index (χ0n) is 20.1. The highest BCUT2D eigenvalue weighted by atomic mass is 16.5. The largest absolute Gasteiger partial charge is 0.495 e. The quantitative estimate of drug-likeness (QED) is 0.413. The maximum absolute atomic E-state index is 5.63. The van der Waals surface area contributed by atoms with E-state index in [1.807, 2.05) is 42.0 Å². The lowest BCUT2D eigenvalue weighted by molar-refractivity contribution is 0.413. The predicted octanol–water partition coefficient (Wildman–Crippen LogP) is 4.94. The van der Waals surface area contributed by atoms with E-state index in [0.29, 0.717) is 0 Å². The molecule has 0 aliphatic carbocycles. The fourth-order valence-electron chi connectivity index (χ4n) is 4.50. The number of benzene rings is 2. The number of methoxy groups -OCH3 is 1. The lowest BCUT2D eigenvalue weighted by Gasteiger charge is -2.23. The van der Waals surface area contributed by atoms with E-state index in [1.54, 1.807) is 13.4 Å². The minimum absolute atomic E-state index is 0.276. The summed E-state index contributed by atoms with van der Waals surface area (Å²) >= 11 is 0. The summed E-state index contributed by atoms with van der Waals surface area (Å²) < 4.78 is 9.67. The predicted molar refractivity (Wildman–Crippen MR) is 136 cm³/mol. The average molecular weight is 455 g/mol. The van der Waals surface area contributed by atoms with Gasteiger partial charge in [0, 0.05) is 38.4 Å². The van der Waals surface area contributed by atoms with Crippen LogP contribution in [0.5, 0.6) is 5.75 Å². The van der Waals surface area contributed by atoms with E-state index in [9.17, 15) is 0 Å². The number of hydrogen-bond donors (Lipinski definition) is 0. The van der Waals surface area contributed by atoms with E-state index in [-0.39, 0.29) is 5.92 Å². The molecule has 0 saturated heterocycles.